The quantitative estimate of drug-likeness (QED) is 0.594. The minimum Gasteiger partial charge on any atom is -0.192 e. The average Bonchev–Trinajstić information content (AvgIpc) is 2.68. The summed E-state index contributed by atoms with van der Waals surface area (Å²) in [5, 5.41) is 29.2. The number of nitrogens with zero attached hydrogens (tertiary/aromatic N) is 3. The monoisotopic (exact) mass is 383 g/mol. The first-order chi connectivity index (χ1) is 12.2. The second-order valence-electron chi connectivity index (χ2n) is 5.26. The highest BCUT2D eigenvalue weighted by Crippen LogP contribution is 2.41. The van der Waals surface area contributed by atoms with Crippen LogP contribution in [0.1, 0.15) is 16.7 Å². The van der Waals surface area contributed by atoms with Crippen LogP contribution in [-0.2, 0) is 0 Å². The van der Waals surface area contributed by atoms with Crippen LogP contribution < -0.4 is 0 Å². The van der Waals surface area contributed by atoms with Crippen molar-refractivity contribution in [3.63, 3.8) is 0 Å². The van der Waals surface area contributed by atoms with E-state index in [0.29, 0.717) is 32.3 Å². The normalized spacial score (nSPS) is 9.68. The molecule has 0 atom stereocenters. The molecule has 0 fully saturated rings. The maximum atomic E-state index is 9.87. The van der Waals surface area contributed by atoms with E-state index in [0.717, 1.165) is 11.1 Å². The van der Waals surface area contributed by atoms with Crippen LogP contribution in [0.4, 0.5) is 0 Å². The summed E-state index contributed by atoms with van der Waals surface area (Å²) >= 11 is 3.41. The Kier molecular flexibility index (Phi) is 4.62. The number of hydrogen-bond acceptors (Lipinski definition) is 3. The van der Waals surface area contributed by atoms with Gasteiger partial charge in [-0.3, -0.25) is 0 Å². The Hall–Kier alpha value is -3.39. The summed E-state index contributed by atoms with van der Waals surface area (Å²) in [6, 6.07) is 25.1. The van der Waals surface area contributed by atoms with Crippen molar-refractivity contribution >= 4 is 15.9 Å². The maximum Gasteiger partial charge on any atom is 0.101 e. The molecule has 0 bridgehead atoms. The number of benzene rings is 3. The Labute approximate surface area is 154 Å². The highest BCUT2D eigenvalue weighted by atomic mass is 79.9. The van der Waals surface area contributed by atoms with Gasteiger partial charge in [0.25, 0.3) is 0 Å². The van der Waals surface area contributed by atoms with E-state index in [1.807, 2.05) is 60.7 Å². The van der Waals surface area contributed by atoms with E-state index in [1.165, 1.54) is 0 Å². The fraction of sp³-hybridized carbons (Fsp3) is 0. The fourth-order valence-corrected chi connectivity index (χ4v) is 3.40. The van der Waals surface area contributed by atoms with E-state index in [-0.39, 0.29) is 0 Å². The molecular formula is C21H10BrN3. The van der Waals surface area contributed by atoms with Gasteiger partial charge in [-0.15, -0.1) is 0 Å². The lowest BCUT2D eigenvalue weighted by Gasteiger charge is -2.16. The van der Waals surface area contributed by atoms with Crippen LogP contribution in [0.15, 0.2) is 65.1 Å². The molecule has 3 aromatic carbocycles. The van der Waals surface area contributed by atoms with Gasteiger partial charge in [0.2, 0.25) is 0 Å². The van der Waals surface area contributed by atoms with Crippen LogP contribution in [0.25, 0.3) is 22.3 Å². The molecule has 0 N–H and O–H groups in total. The molecule has 3 rings (SSSR count). The van der Waals surface area contributed by atoms with E-state index in [4.69, 9.17) is 0 Å². The van der Waals surface area contributed by atoms with Crippen molar-refractivity contribution in [2.24, 2.45) is 0 Å². The van der Waals surface area contributed by atoms with Gasteiger partial charge < -0.3 is 0 Å². The van der Waals surface area contributed by atoms with Crippen molar-refractivity contribution < 1.29 is 0 Å². The van der Waals surface area contributed by atoms with Gasteiger partial charge in [0.1, 0.15) is 18.2 Å². The van der Waals surface area contributed by atoms with Crippen LogP contribution in [-0.4, -0.2) is 0 Å². The molecule has 0 spiro atoms. The number of hydrogen-bond donors (Lipinski definition) is 0. The molecule has 0 aliphatic rings. The molecule has 25 heavy (non-hydrogen) atoms. The standard InChI is InChI=1S/C21H10BrN3/c22-21-17(12-24)19(14-7-3-1-4-8-14)16(11-23)20(18(21)13-25)15-9-5-2-6-10-15/h1-10H. The molecule has 0 saturated carbocycles. The molecule has 0 heterocycles. The van der Waals surface area contributed by atoms with E-state index < -0.39 is 0 Å². The van der Waals surface area contributed by atoms with Gasteiger partial charge >= 0.3 is 0 Å². The summed E-state index contributed by atoms with van der Waals surface area (Å²) < 4.78 is 0.411. The number of halogens is 1. The molecular weight excluding hydrogens is 374 g/mol. The largest absolute Gasteiger partial charge is 0.192 e. The predicted molar refractivity (Wildman–Crippen MR) is 99.2 cm³/mol. The van der Waals surface area contributed by atoms with Crippen molar-refractivity contribution in [2.75, 3.05) is 0 Å². The summed E-state index contributed by atoms with van der Waals surface area (Å²) in [5.41, 5.74) is 3.51. The Morgan fingerprint density at radius 3 is 1.24 bits per heavy atom. The summed E-state index contributed by atoms with van der Waals surface area (Å²) in [7, 11) is 0. The lowest BCUT2D eigenvalue weighted by atomic mass is 9.86. The summed E-state index contributed by atoms with van der Waals surface area (Å²) in [6.45, 7) is 0. The third-order valence-corrected chi connectivity index (χ3v) is 4.69. The van der Waals surface area contributed by atoms with Gasteiger partial charge in [0.15, 0.2) is 0 Å². The lowest BCUT2D eigenvalue weighted by molar-refractivity contribution is 1.38. The minimum absolute atomic E-state index is 0.291. The molecule has 3 aromatic rings. The van der Waals surface area contributed by atoms with Gasteiger partial charge in [0, 0.05) is 11.1 Å². The third-order valence-electron chi connectivity index (χ3n) is 3.90. The predicted octanol–water partition coefficient (Wildman–Crippen LogP) is 5.40. The number of nitriles is 3. The Morgan fingerprint density at radius 1 is 0.560 bits per heavy atom. The highest BCUT2D eigenvalue weighted by Gasteiger charge is 2.24. The van der Waals surface area contributed by atoms with E-state index in [1.54, 1.807) is 0 Å². The van der Waals surface area contributed by atoms with Crippen LogP contribution in [0.2, 0.25) is 0 Å². The second kappa shape index (κ2) is 7.02. The lowest BCUT2D eigenvalue weighted by Crippen LogP contribution is -2.00. The Bertz CT molecular complexity index is 988. The van der Waals surface area contributed by atoms with Crippen LogP contribution in [0.3, 0.4) is 0 Å². The molecule has 0 saturated heterocycles. The maximum absolute atomic E-state index is 9.87. The molecule has 3 nitrogen and oxygen atoms in total. The Morgan fingerprint density at radius 2 is 0.920 bits per heavy atom. The molecule has 0 radical (unpaired) electrons. The van der Waals surface area contributed by atoms with Crippen molar-refractivity contribution in [1.82, 2.24) is 0 Å². The van der Waals surface area contributed by atoms with E-state index in [9.17, 15) is 15.8 Å². The van der Waals surface area contributed by atoms with Crippen molar-refractivity contribution in [3.05, 3.63) is 81.8 Å². The first kappa shape index (κ1) is 16.5. The topological polar surface area (TPSA) is 71.4 Å². The van der Waals surface area contributed by atoms with Crippen molar-refractivity contribution in [2.45, 2.75) is 0 Å². The first-order valence-electron chi connectivity index (χ1n) is 7.43. The van der Waals surface area contributed by atoms with Gasteiger partial charge in [-0.25, -0.2) is 0 Å². The van der Waals surface area contributed by atoms with Gasteiger partial charge in [-0.1, -0.05) is 60.7 Å². The van der Waals surface area contributed by atoms with Crippen molar-refractivity contribution in [1.29, 1.82) is 15.8 Å². The van der Waals surface area contributed by atoms with E-state index in [2.05, 4.69) is 34.1 Å². The van der Waals surface area contributed by atoms with Gasteiger partial charge in [-0.2, -0.15) is 15.8 Å². The smallest absolute Gasteiger partial charge is 0.101 e. The summed E-state index contributed by atoms with van der Waals surface area (Å²) in [5.74, 6) is 0. The molecule has 0 unspecified atom stereocenters. The molecule has 4 heteroatoms. The van der Waals surface area contributed by atoms with Gasteiger partial charge in [0.05, 0.1) is 21.2 Å². The SMILES string of the molecule is N#Cc1c(Br)c(C#N)c(-c2ccccc2)c(C#N)c1-c1ccccc1. The van der Waals surface area contributed by atoms with Gasteiger partial charge in [-0.05, 0) is 27.1 Å². The zero-order valence-corrected chi connectivity index (χ0v) is 14.6. The minimum atomic E-state index is 0.291. The summed E-state index contributed by atoms with van der Waals surface area (Å²) in [6.07, 6.45) is 0. The molecule has 116 valence electrons. The molecule has 0 amide bonds. The number of rotatable bonds is 2. The summed E-state index contributed by atoms with van der Waals surface area (Å²) in [4.78, 5) is 0. The van der Waals surface area contributed by atoms with Crippen LogP contribution >= 0.6 is 15.9 Å². The van der Waals surface area contributed by atoms with Crippen molar-refractivity contribution in [3.8, 4) is 40.5 Å². The average molecular weight is 384 g/mol. The zero-order chi connectivity index (χ0) is 17.8. The van der Waals surface area contributed by atoms with E-state index >= 15 is 0 Å². The van der Waals surface area contributed by atoms with Crippen LogP contribution in [0.5, 0.6) is 0 Å². The second-order valence-corrected chi connectivity index (χ2v) is 6.05. The molecule has 0 aromatic heterocycles. The Balaban J connectivity index is 2.54. The molecule has 0 aliphatic carbocycles. The third kappa shape index (κ3) is 2.79. The fourth-order valence-electron chi connectivity index (χ4n) is 2.83. The van der Waals surface area contributed by atoms with Crippen LogP contribution in [0, 0.1) is 34.0 Å². The molecule has 0 aliphatic heterocycles. The highest BCUT2D eigenvalue weighted by molar-refractivity contribution is 9.10. The first-order valence-corrected chi connectivity index (χ1v) is 8.22. The zero-order valence-electron chi connectivity index (χ0n) is 13.0.